The molecule has 0 bridgehead atoms. The van der Waals surface area contributed by atoms with Crippen LogP contribution in [0.2, 0.25) is 0 Å². The first-order valence-electron chi connectivity index (χ1n) is 9.71. The Kier molecular flexibility index (Phi) is 3.01. The van der Waals surface area contributed by atoms with Gasteiger partial charge in [0.25, 0.3) is 0 Å². The number of ether oxygens (including phenoxy) is 1. The van der Waals surface area contributed by atoms with Crippen LogP contribution in [0.15, 0.2) is 84.9 Å². The summed E-state index contributed by atoms with van der Waals surface area (Å²) in [7, 11) is 0. The second-order valence-electron chi connectivity index (χ2n) is 7.80. The number of nitrogens with one attached hydrogen (secondary N) is 1. The molecule has 0 radical (unpaired) electrons. The fourth-order valence-corrected chi connectivity index (χ4v) is 5.33. The lowest BCUT2D eigenvalue weighted by atomic mass is 9.75. The minimum absolute atomic E-state index is 0.0237. The molecule has 2 atom stereocenters. The molecule has 3 aliphatic rings. The van der Waals surface area contributed by atoms with E-state index < -0.39 is 0 Å². The number of anilines is 1. The molecule has 2 aliphatic heterocycles. The van der Waals surface area contributed by atoms with Crippen LogP contribution in [0.4, 0.5) is 5.69 Å². The van der Waals surface area contributed by atoms with E-state index in [-0.39, 0.29) is 11.1 Å². The van der Waals surface area contributed by atoms with Gasteiger partial charge in [-0.25, -0.2) is 0 Å². The number of rotatable bonds is 2. The fraction of sp³-hybridized carbons (Fsp3) is 0.200. The van der Waals surface area contributed by atoms with E-state index in [1.165, 1.54) is 33.5 Å². The maximum Gasteiger partial charge on any atom is 0.144 e. The van der Waals surface area contributed by atoms with E-state index in [1.54, 1.807) is 0 Å². The number of para-hydroxylation sites is 1. The monoisotopic (exact) mass is 351 g/mol. The molecule has 2 heteroatoms. The molecule has 3 aromatic carbocycles. The van der Waals surface area contributed by atoms with Crippen LogP contribution in [0.5, 0.6) is 0 Å². The molecule has 0 spiro atoms. The van der Waals surface area contributed by atoms with Crippen molar-refractivity contribution in [1.82, 2.24) is 0 Å². The molecular weight excluding hydrogens is 330 g/mol. The van der Waals surface area contributed by atoms with Gasteiger partial charge < -0.3 is 10.1 Å². The average Bonchev–Trinajstić information content (AvgIpc) is 3.31. The van der Waals surface area contributed by atoms with Gasteiger partial charge in [-0.3, -0.25) is 0 Å². The maximum absolute atomic E-state index is 6.56. The van der Waals surface area contributed by atoms with Crippen molar-refractivity contribution in [3.05, 3.63) is 96.1 Å². The minimum Gasteiger partial charge on any atom is -0.375 e. The fourth-order valence-electron chi connectivity index (χ4n) is 5.33. The van der Waals surface area contributed by atoms with Gasteiger partial charge in [0.1, 0.15) is 5.60 Å². The third-order valence-corrected chi connectivity index (χ3v) is 6.54. The summed E-state index contributed by atoms with van der Waals surface area (Å²) >= 11 is 0. The molecule has 1 saturated heterocycles. The van der Waals surface area contributed by atoms with Crippen LogP contribution in [0.1, 0.15) is 24.0 Å². The third kappa shape index (κ3) is 1.89. The maximum atomic E-state index is 6.56. The van der Waals surface area contributed by atoms with E-state index in [1.807, 2.05) is 0 Å². The van der Waals surface area contributed by atoms with Crippen LogP contribution in [-0.2, 0) is 10.3 Å². The van der Waals surface area contributed by atoms with Crippen molar-refractivity contribution in [3.8, 4) is 11.1 Å². The van der Waals surface area contributed by atoms with Crippen LogP contribution >= 0.6 is 0 Å². The molecule has 2 heterocycles. The van der Waals surface area contributed by atoms with Crippen molar-refractivity contribution in [2.24, 2.45) is 0 Å². The summed E-state index contributed by atoms with van der Waals surface area (Å²) in [5.74, 6) is 0. The van der Waals surface area contributed by atoms with Crippen LogP contribution in [-0.4, -0.2) is 12.1 Å². The zero-order valence-electron chi connectivity index (χ0n) is 15.1. The molecule has 0 aromatic heterocycles. The van der Waals surface area contributed by atoms with Gasteiger partial charge in [0.15, 0.2) is 0 Å². The molecular formula is C25H21NO. The van der Waals surface area contributed by atoms with Crippen molar-refractivity contribution in [1.29, 1.82) is 0 Å². The highest BCUT2D eigenvalue weighted by Crippen LogP contribution is 2.64. The second kappa shape index (κ2) is 5.34. The summed E-state index contributed by atoms with van der Waals surface area (Å²) in [5, 5.41) is 3.82. The Balaban J connectivity index is 1.46. The second-order valence-corrected chi connectivity index (χ2v) is 7.80. The SMILES string of the molecule is C1=C(c2ccc(-c3ccccc3)cc2)C23OCCC2(C1)Nc1ccccc13. The average molecular weight is 351 g/mol. The highest BCUT2D eigenvalue weighted by Gasteiger charge is 2.66. The first-order valence-corrected chi connectivity index (χ1v) is 9.71. The molecule has 0 saturated carbocycles. The van der Waals surface area contributed by atoms with Crippen molar-refractivity contribution < 1.29 is 4.74 Å². The molecule has 27 heavy (non-hydrogen) atoms. The van der Waals surface area contributed by atoms with Crippen LogP contribution in [0, 0.1) is 0 Å². The number of benzene rings is 3. The lowest BCUT2D eigenvalue weighted by Gasteiger charge is -2.36. The summed E-state index contributed by atoms with van der Waals surface area (Å²) < 4.78 is 6.56. The molecule has 132 valence electrons. The van der Waals surface area contributed by atoms with Crippen LogP contribution in [0.25, 0.3) is 16.7 Å². The smallest absolute Gasteiger partial charge is 0.144 e. The van der Waals surface area contributed by atoms with E-state index in [4.69, 9.17) is 4.74 Å². The molecule has 2 nitrogen and oxygen atoms in total. The number of hydrogen-bond donors (Lipinski definition) is 1. The van der Waals surface area contributed by atoms with Gasteiger partial charge in [-0.1, -0.05) is 78.9 Å². The molecule has 0 amide bonds. The van der Waals surface area contributed by atoms with Crippen molar-refractivity contribution in [3.63, 3.8) is 0 Å². The largest absolute Gasteiger partial charge is 0.375 e. The normalized spacial score (nSPS) is 27.5. The highest BCUT2D eigenvalue weighted by molar-refractivity contribution is 5.87. The summed E-state index contributed by atoms with van der Waals surface area (Å²) in [6.07, 6.45) is 4.45. The van der Waals surface area contributed by atoms with Gasteiger partial charge in [0.2, 0.25) is 0 Å². The van der Waals surface area contributed by atoms with Crippen molar-refractivity contribution in [2.75, 3.05) is 11.9 Å². The standard InChI is InChI=1S/C25H21NO/c1-2-6-18(7-3-1)19-10-12-20(13-11-19)21-14-15-24-16-17-27-25(21,24)22-8-4-5-9-23(22)26-24/h1-14,26H,15-17H2. The molecule has 2 unspecified atom stereocenters. The Hall–Kier alpha value is -2.84. The molecule has 6 rings (SSSR count). The summed E-state index contributed by atoms with van der Waals surface area (Å²) in [4.78, 5) is 0. The zero-order chi connectivity index (χ0) is 17.9. The lowest BCUT2D eigenvalue weighted by molar-refractivity contribution is 0.0358. The minimum atomic E-state index is -0.349. The van der Waals surface area contributed by atoms with E-state index in [9.17, 15) is 0 Å². The van der Waals surface area contributed by atoms with Crippen molar-refractivity contribution in [2.45, 2.75) is 24.0 Å². The first kappa shape index (κ1) is 15.2. The van der Waals surface area contributed by atoms with E-state index in [0.717, 1.165) is 19.4 Å². The van der Waals surface area contributed by atoms with Gasteiger partial charge in [-0.05, 0) is 41.2 Å². The predicted molar refractivity (Wildman–Crippen MR) is 110 cm³/mol. The number of fused-ring (bicyclic) bond motifs is 1. The highest BCUT2D eigenvalue weighted by atomic mass is 16.5. The molecule has 1 aliphatic carbocycles. The van der Waals surface area contributed by atoms with Crippen LogP contribution < -0.4 is 5.32 Å². The Bertz CT molecular complexity index is 1050. The predicted octanol–water partition coefficient (Wildman–Crippen LogP) is 5.62. The topological polar surface area (TPSA) is 21.3 Å². The van der Waals surface area contributed by atoms with Gasteiger partial charge >= 0.3 is 0 Å². The molecule has 1 N–H and O–H groups in total. The Morgan fingerprint density at radius 2 is 1.44 bits per heavy atom. The summed E-state index contributed by atoms with van der Waals surface area (Å²) in [5.41, 5.74) is 7.22. The third-order valence-electron chi connectivity index (χ3n) is 6.54. The summed E-state index contributed by atoms with van der Waals surface area (Å²) in [6, 6.07) is 28.1. The Labute approximate surface area is 159 Å². The van der Waals surface area contributed by atoms with E-state index in [2.05, 4.69) is 90.3 Å². The molecule has 1 fully saturated rings. The zero-order valence-corrected chi connectivity index (χ0v) is 15.1. The quantitative estimate of drug-likeness (QED) is 0.647. The number of hydrogen-bond acceptors (Lipinski definition) is 2. The van der Waals surface area contributed by atoms with Gasteiger partial charge in [-0.15, -0.1) is 0 Å². The first-order chi connectivity index (χ1) is 13.3. The van der Waals surface area contributed by atoms with Crippen LogP contribution in [0.3, 0.4) is 0 Å². The summed E-state index contributed by atoms with van der Waals surface area (Å²) in [6.45, 7) is 0.806. The Morgan fingerprint density at radius 1 is 0.741 bits per heavy atom. The van der Waals surface area contributed by atoms with E-state index in [0.29, 0.717) is 0 Å². The molecule has 3 aromatic rings. The van der Waals surface area contributed by atoms with Crippen molar-refractivity contribution >= 4 is 11.3 Å². The van der Waals surface area contributed by atoms with Gasteiger partial charge in [0, 0.05) is 11.3 Å². The van der Waals surface area contributed by atoms with Gasteiger partial charge in [-0.2, -0.15) is 0 Å². The lowest BCUT2D eigenvalue weighted by Crippen LogP contribution is -2.46. The Morgan fingerprint density at radius 3 is 2.30 bits per heavy atom. The van der Waals surface area contributed by atoms with E-state index >= 15 is 0 Å². The van der Waals surface area contributed by atoms with Gasteiger partial charge in [0.05, 0.1) is 12.1 Å².